The van der Waals surface area contributed by atoms with Gasteiger partial charge in [-0.3, -0.25) is 0 Å². The van der Waals surface area contributed by atoms with E-state index in [9.17, 15) is 5.11 Å². The lowest BCUT2D eigenvalue weighted by Gasteiger charge is -2.31. The Kier molecular flexibility index (Phi) is 3.06. The van der Waals surface area contributed by atoms with Crippen molar-refractivity contribution in [2.45, 2.75) is 38.0 Å². The van der Waals surface area contributed by atoms with E-state index in [0.29, 0.717) is 5.75 Å². The van der Waals surface area contributed by atoms with E-state index in [4.69, 9.17) is 0 Å². The first-order chi connectivity index (χ1) is 9.21. The molecule has 0 bridgehead atoms. The van der Waals surface area contributed by atoms with Gasteiger partial charge in [-0.25, -0.2) is 0 Å². The Morgan fingerprint density at radius 2 is 1.58 bits per heavy atom. The van der Waals surface area contributed by atoms with Gasteiger partial charge < -0.3 is 5.11 Å². The molecule has 1 aliphatic rings. The highest BCUT2D eigenvalue weighted by molar-refractivity contribution is 5.43. The standard InChI is InChI=1S/C18H20O/c1-14-5-4-6-16(13-14)18(11-2-3-12-18)15-7-9-17(19)10-8-15/h4-10,13,19H,2-3,11-12H2,1H3. The molecule has 0 saturated heterocycles. The summed E-state index contributed by atoms with van der Waals surface area (Å²) in [5.74, 6) is 0.348. The largest absolute Gasteiger partial charge is 0.508 e. The van der Waals surface area contributed by atoms with Crippen LogP contribution in [0.3, 0.4) is 0 Å². The molecule has 1 fully saturated rings. The van der Waals surface area contributed by atoms with Gasteiger partial charge in [0.2, 0.25) is 0 Å². The maximum Gasteiger partial charge on any atom is 0.115 e. The number of hydrogen-bond donors (Lipinski definition) is 1. The lowest BCUT2D eigenvalue weighted by Crippen LogP contribution is -2.23. The van der Waals surface area contributed by atoms with Crippen molar-refractivity contribution < 1.29 is 5.11 Å². The molecule has 1 heteroatoms. The van der Waals surface area contributed by atoms with E-state index in [1.807, 2.05) is 12.1 Å². The normalized spacial score (nSPS) is 17.5. The smallest absolute Gasteiger partial charge is 0.115 e. The van der Waals surface area contributed by atoms with Crippen LogP contribution in [0.15, 0.2) is 48.5 Å². The summed E-state index contributed by atoms with van der Waals surface area (Å²) in [6.07, 6.45) is 4.99. The van der Waals surface area contributed by atoms with Gasteiger partial charge in [-0.1, -0.05) is 54.8 Å². The second-order valence-electron chi connectivity index (χ2n) is 5.71. The number of benzene rings is 2. The molecule has 2 aromatic carbocycles. The highest BCUT2D eigenvalue weighted by Crippen LogP contribution is 2.46. The molecule has 3 rings (SSSR count). The summed E-state index contributed by atoms with van der Waals surface area (Å²) in [7, 11) is 0. The summed E-state index contributed by atoms with van der Waals surface area (Å²) < 4.78 is 0. The maximum atomic E-state index is 9.50. The van der Waals surface area contributed by atoms with Crippen molar-refractivity contribution in [1.29, 1.82) is 0 Å². The summed E-state index contributed by atoms with van der Waals surface area (Å²) in [4.78, 5) is 0. The van der Waals surface area contributed by atoms with Crippen molar-refractivity contribution in [3.05, 3.63) is 65.2 Å². The first-order valence-electron chi connectivity index (χ1n) is 7.07. The number of rotatable bonds is 2. The zero-order valence-electron chi connectivity index (χ0n) is 11.4. The molecule has 19 heavy (non-hydrogen) atoms. The zero-order valence-corrected chi connectivity index (χ0v) is 11.4. The van der Waals surface area contributed by atoms with Crippen molar-refractivity contribution in [1.82, 2.24) is 0 Å². The summed E-state index contributed by atoms with van der Waals surface area (Å²) >= 11 is 0. The van der Waals surface area contributed by atoms with Crippen LogP contribution in [0, 0.1) is 6.92 Å². The number of aryl methyl sites for hydroxylation is 1. The van der Waals surface area contributed by atoms with E-state index in [1.54, 1.807) is 0 Å². The minimum absolute atomic E-state index is 0.153. The van der Waals surface area contributed by atoms with E-state index in [0.717, 1.165) is 0 Å². The molecule has 0 unspecified atom stereocenters. The molecule has 2 aromatic rings. The first kappa shape index (κ1) is 12.3. The summed E-state index contributed by atoms with van der Waals surface area (Å²) in [6.45, 7) is 2.16. The molecule has 0 aliphatic heterocycles. The minimum Gasteiger partial charge on any atom is -0.508 e. The molecule has 0 heterocycles. The van der Waals surface area contributed by atoms with Crippen molar-refractivity contribution in [3.8, 4) is 5.75 Å². The predicted molar refractivity (Wildman–Crippen MR) is 78.5 cm³/mol. The summed E-state index contributed by atoms with van der Waals surface area (Å²) in [5.41, 5.74) is 4.24. The van der Waals surface area contributed by atoms with Crippen LogP contribution in [-0.2, 0) is 5.41 Å². The molecular weight excluding hydrogens is 232 g/mol. The molecule has 1 N–H and O–H groups in total. The molecular formula is C18H20O. The fourth-order valence-electron chi connectivity index (χ4n) is 3.45. The number of phenols is 1. The highest BCUT2D eigenvalue weighted by Gasteiger charge is 2.37. The van der Waals surface area contributed by atoms with Gasteiger partial charge >= 0.3 is 0 Å². The van der Waals surface area contributed by atoms with Crippen molar-refractivity contribution >= 4 is 0 Å². The van der Waals surface area contributed by atoms with Gasteiger partial charge in [0, 0.05) is 5.41 Å². The third-order valence-electron chi connectivity index (χ3n) is 4.45. The lowest BCUT2D eigenvalue weighted by molar-refractivity contribution is 0.473. The third-order valence-corrected chi connectivity index (χ3v) is 4.45. The molecule has 0 amide bonds. The quantitative estimate of drug-likeness (QED) is 0.830. The zero-order chi connectivity index (χ0) is 13.3. The molecule has 1 nitrogen and oxygen atoms in total. The lowest BCUT2D eigenvalue weighted by atomic mass is 9.73. The SMILES string of the molecule is Cc1cccc(C2(c3ccc(O)cc3)CCCC2)c1. The second kappa shape index (κ2) is 4.73. The Hall–Kier alpha value is -1.76. The molecule has 98 valence electrons. The first-order valence-corrected chi connectivity index (χ1v) is 7.07. The van der Waals surface area contributed by atoms with Crippen LogP contribution in [0.4, 0.5) is 0 Å². The van der Waals surface area contributed by atoms with Crippen LogP contribution in [0.5, 0.6) is 5.75 Å². The fourth-order valence-corrected chi connectivity index (χ4v) is 3.45. The Labute approximate surface area is 114 Å². The van der Waals surface area contributed by atoms with Crippen molar-refractivity contribution in [2.24, 2.45) is 0 Å². The second-order valence-corrected chi connectivity index (χ2v) is 5.71. The molecule has 0 radical (unpaired) electrons. The van der Waals surface area contributed by atoms with Crippen molar-refractivity contribution in [2.75, 3.05) is 0 Å². The topological polar surface area (TPSA) is 20.2 Å². The molecule has 1 aliphatic carbocycles. The van der Waals surface area contributed by atoms with Gasteiger partial charge in [0.05, 0.1) is 0 Å². The van der Waals surface area contributed by atoms with Gasteiger partial charge in [0.25, 0.3) is 0 Å². The maximum absolute atomic E-state index is 9.50. The number of aromatic hydroxyl groups is 1. The third kappa shape index (κ3) is 2.14. The van der Waals surface area contributed by atoms with Crippen LogP contribution >= 0.6 is 0 Å². The molecule has 0 spiro atoms. The van der Waals surface area contributed by atoms with Crippen LogP contribution in [0.1, 0.15) is 42.4 Å². The summed E-state index contributed by atoms with van der Waals surface area (Å²) in [6, 6.07) is 16.7. The van der Waals surface area contributed by atoms with Crippen LogP contribution in [-0.4, -0.2) is 5.11 Å². The average molecular weight is 252 g/mol. The summed E-state index contributed by atoms with van der Waals surface area (Å²) in [5, 5.41) is 9.50. The Morgan fingerprint density at radius 1 is 0.895 bits per heavy atom. The monoisotopic (exact) mass is 252 g/mol. The number of hydrogen-bond acceptors (Lipinski definition) is 1. The van der Waals surface area contributed by atoms with Crippen molar-refractivity contribution in [3.63, 3.8) is 0 Å². The van der Waals surface area contributed by atoms with Gasteiger partial charge in [-0.2, -0.15) is 0 Å². The van der Waals surface area contributed by atoms with Crippen LogP contribution < -0.4 is 0 Å². The van der Waals surface area contributed by atoms with Crippen LogP contribution in [0.2, 0.25) is 0 Å². The average Bonchev–Trinajstić information content (AvgIpc) is 2.90. The molecule has 1 saturated carbocycles. The predicted octanol–water partition coefficient (Wildman–Crippen LogP) is 4.56. The van der Waals surface area contributed by atoms with E-state index in [2.05, 4.69) is 43.3 Å². The van der Waals surface area contributed by atoms with Gasteiger partial charge in [0.1, 0.15) is 5.75 Å². The van der Waals surface area contributed by atoms with E-state index in [-0.39, 0.29) is 5.41 Å². The van der Waals surface area contributed by atoms with Gasteiger partial charge in [-0.15, -0.1) is 0 Å². The van der Waals surface area contributed by atoms with Crippen LogP contribution in [0.25, 0.3) is 0 Å². The van der Waals surface area contributed by atoms with E-state index < -0.39 is 0 Å². The van der Waals surface area contributed by atoms with E-state index in [1.165, 1.54) is 42.4 Å². The van der Waals surface area contributed by atoms with Gasteiger partial charge in [0.15, 0.2) is 0 Å². The van der Waals surface area contributed by atoms with E-state index >= 15 is 0 Å². The molecule has 0 aromatic heterocycles. The number of phenolic OH excluding ortho intramolecular Hbond substituents is 1. The molecule has 0 atom stereocenters. The Balaban J connectivity index is 2.11. The fraction of sp³-hybridized carbons (Fsp3) is 0.333. The Bertz CT molecular complexity index is 562. The van der Waals surface area contributed by atoms with Gasteiger partial charge in [-0.05, 0) is 43.0 Å². The highest BCUT2D eigenvalue weighted by atomic mass is 16.3. The Morgan fingerprint density at radius 3 is 2.21 bits per heavy atom. The minimum atomic E-state index is 0.153.